The van der Waals surface area contributed by atoms with E-state index in [9.17, 15) is 19.8 Å². The molecule has 2 saturated carbocycles. The van der Waals surface area contributed by atoms with Gasteiger partial charge in [0.2, 0.25) is 0 Å². The molecule has 0 saturated heterocycles. The summed E-state index contributed by atoms with van der Waals surface area (Å²) < 4.78 is 0. The van der Waals surface area contributed by atoms with E-state index in [2.05, 4.69) is 6.58 Å². The largest absolute Gasteiger partial charge is 0.481 e. The summed E-state index contributed by atoms with van der Waals surface area (Å²) in [6, 6.07) is 0. The van der Waals surface area contributed by atoms with Gasteiger partial charge >= 0.3 is 5.97 Å². The summed E-state index contributed by atoms with van der Waals surface area (Å²) in [5, 5.41) is 29.5. The molecular formula is C23H34O5. The van der Waals surface area contributed by atoms with Crippen LogP contribution in [-0.2, 0) is 9.59 Å². The maximum Gasteiger partial charge on any atom is 0.303 e. The Balaban J connectivity index is 1.86. The Morgan fingerprint density at radius 2 is 2.04 bits per heavy atom. The average molecular weight is 391 g/mol. The molecule has 2 fully saturated rings. The van der Waals surface area contributed by atoms with Gasteiger partial charge in [0, 0.05) is 30.1 Å². The Hall–Kier alpha value is -1.72. The molecule has 0 bridgehead atoms. The minimum Gasteiger partial charge on any atom is -0.481 e. The number of carbonyl (C=O) groups is 2. The van der Waals surface area contributed by atoms with E-state index in [1.807, 2.05) is 30.4 Å². The van der Waals surface area contributed by atoms with E-state index in [0.717, 1.165) is 25.7 Å². The SMILES string of the molecule is C=CCC1(C(O)CC=C[C@H]2[C@H](O)CC(=O)[C@@H]2CC=CCCCC(=O)O)CCC1. The number of Topliss-reactive ketones (excluding diaryl/α,β-unsaturated/α-hetero) is 1. The van der Waals surface area contributed by atoms with Gasteiger partial charge in [-0.3, -0.25) is 9.59 Å². The van der Waals surface area contributed by atoms with Crippen LogP contribution in [0.3, 0.4) is 0 Å². The van der Waals surface area contributed by atoms with Crippen LogP contribution in [0.5, 0.6) is 0 Å². The lowest BCUT2D eigenvalue weighted by Gasteiger charge is -2.45. The van der Waals surface area contributed by atoms with E-state index >= 15 is 0 Å². The second-order valence-electron chi connectivity index (χ2n) is 8.30. The summed E-state index contributed by atoms with van der Waals surface area (Å²) in [7, 11) is 0. The molecule has 4 atom stereocenters. The summed E-state index contributed by atoms with van der Waals surface area (Å²) >= 11 is 0. The number of aliphatic carboxylic acids is 1. The van der Waals surface area contributed by atoms with Crippen LogP contribution in [0, 0.1) is 17.3 Å². The van der Waals surface area contributed by atoms with Crippen molar-refractivity contribution in [3.05, 3.63) is 37.0 Å². The first-order chi connectivity index (χ1) is 13.4. The highest BCUT2D eigenvalue weighted by Gasteiger charge is 2.42. The van der Waals surface area contributed by atoms with Crippen LogP contribution in [0.4, 0.5) is 0 Å². The topological polar surface area (TPSA) is 94.8 Å². The molecular weight excluding hydrogens is 356 g/mol. The Bertz CT molecular complexity index is 602. The van der Waals surface area contributed by atoms with Gasteiger partial charge < -0.3 is 15.3 Å². The fourth-order valence-electron chi connectivity index (χ4n) is 4.47. The van der Waals surface area contributed by atoms with Gasteiger partial charge in [-0.2, -0.15) is 0 Å². The Labute approximate surface area is 167 Å². The van der Waals surface area contributed by atoms with E-state index in [1.54, 1.807) is 0 Å². The molecule has 0 aromatic carbocycles. The number of aliphatic hydroxyl groups is 2. The summed E-state index contributed by atoms with van der Waals surface area (Å²) in [4.78, 5) is 22.7. The Morgan fingerprint density at radius 1 is 1.29 bits per heavy atom. The van der Waals surface area contributed by atoms with Gasteiger partial charge in [-0.25, -0.2) is 0 Å². The Kier molecular flexibility index (Phi) is 8.64. The van der Waals surface area contributed by atoms with Gasteiger partial charge in [-0.1, -0.05) is 36.8 Å². The number of hydrogen-bond donors (Lipinski definition) is 3. The van der Waals surface area contributed by atoms with Crippen LogP contribution in [0.15, 0.2) is 37.0 Å². The van der Waals surface area contributed by atoms with Crippen molar-refractivity contribution in [2.24, 2.45) is 17.3 Å². The molecule has 5 nitrogen and oxygen atoms in total. The number of allylic oxidation sites excluding steroid dienone is 3. The minimum absolute atomic E-state index is 0.0473. The van der Waals surface area contributed by atoms with Crippen molar-refractivity contribution >= 4 is 11.8 Å². The standard InChI is InChI=1S/C23H34O5/c1-2-13-23(14-8-15-23)21(26)11-7-10-18-17(19(24)16-20(18)25)9-5-3-4-6-12-22(27)28/h2-3,5,7,10,17-18,20-21,25-26H,1,4,6,8-9,11-16H2,(H,27,28)/t17-,18-,20-,21?/m1/s1. The third kappa shape index (κ3) is 5.89. The van der Waals surface area contributed by atoms with Crippen molar-refractivity contribution in [1.82, 2.24) is 0 Å². The predicted molar refractivity (Wildman–Crippen MR) is 109 cm³/mol. The first kappa shape index (κ1) is 22.6. The third-order valence-electron chi connectivity index (χ3n) is 6.38. The molecule has 0 amide bonds. The van der Waals surface area contributed by atoms with Gasteiger partial charge in [0.1, 0.15) is 5.78 Å². The van der Waals surface area contributed by atoms with Crippen molar-refractivity contribution in [3.8, 4) is 0 Å². The molecule has 0 spiro atoms. The number of carboxylic acid groups (broad SMARTS) is 1. The zero-order valence-corrected chi connectivity index (χ0v) is 16.6. The zero-order chi connectivity index (χ0) is 20.6. The molecule has 0 aromatic heterocycles. The molecule has 1 unspecified atom stereocenters. The van der Waals surface area contributed by atoms with Crippen LogP contribution in [0.1, 0.15) is 64.2 Å². The van der Waals surface area contributed by atoms with E-state index in [-0.39, 0.29) is 35.9 Å². The Morgan fingerprint density at radius 3 is 2.64 bits per heavy atom. The number of ketones is 1. The maximum absolute atomic E-state index is 12.2. The van der Waals surface area contributed by atoms with Gasteiger partial charge in [0.05, 0.1) is 12.2 Å². The van der Waals surface area contributed by atoms with Crippen LogP contribution >= 0.6 is 0 Å². The van der Waals surface area contributed by atoms with Crippen LogP contribution < -0.4 is 0 Å². The van der Waals surface area contributed by atoms with Crippen molar-refractivity contribution in [1.29, 1.82) is 0 Å². The quantitative estimate of drug-likeness (QED) is 0.348. The second kappa shape index (κ2) is 10.7. The number of carboxylic acids is 1. The number of unbranched alkanes of at least 4 members (excludes halogenated alkanes) is 1. The summed E-state index contributed by atoms with van der Waals surface area (Å²) in [5.41, 5.74) is -0.0473. The molecule has 0 aliphatic heterocycles. The van der Waals surface area contributed by atoms with Gasteiger partial charge in [-0.15, -0.1) is 6.58 Å². The lowest BCUT2D eigenvalue weighted by Crippen LogP contribution is -2.40. The number of aliphatic hydroxyl groups excluding tert-OH is 2. The molecule has 0 aromatic rings. The molecule has 0 heterocycles. The summed E-state index contributed by atoms with van der Waals surface area (Å²) in [6.07, 6.45) is 15.1. The predicted octanol–water partition coefficient (Wildman–Crippen LogP) is 3.81. The average Bonchev–Trinajstić information content (AvgIpc) is 2.87. The monoisotopic (exact) mass is 390 g/mol. The fraction of sp³-hybridized carbons (Fsp3) is 0.652. The van der Waals surface area contributed by atoms with E-state index in [4.69, 9.17) is 5.11 Å². The van der Waals surface area contributed by atoms with Crippen molar-refractivity contribution in [2.75, 3.05) is 0 Å². The lowest BCUT2D eigenvalue weighted by atomic mass is 9.62. The van der Waals surface area contributed by atoms with Crippen LogP contribution in [-0.4, -0.2) is 39.3 Å². The first-order valence-electron chi connectivity index (χ1n) is 10.4. The number of hydrogen-bond acceptors (Lipinski definition) is 4. The normalized spacial score (nSPS) is 27.9. The van der Waals surface area contributed by atoms with Gasteiger partial charge in [-0.05, 0) is 44.9 Å². The highest BCUT2D eigenvalue weighted by Crippen LogP contribution is 2.48. The van der Waals surface area contributed by atoms with Crippen LogP contribution in [0.2, 0.25) is 0 Å². The zero-order valence-electron chi connectivity index (χ0n) is 16.6. The number of rotatable bonds is 12. The van der Waals surface area contributed by atoms with Crippen molar-refractivity contribution < 1.29 is 24.9 Å². The summed E-state index contributed by atoms with van der Waals surface area (Å²) in [6.45, 7) is 3.80. The van der Waals surface area contributed by atoms with Crippen molar-refractivity contribution in [3.63, 3.8) is 0 Å². The summed E-state index contributed by atoms with van der Waals surface area (Å²) in [5.74, 6) is -1.20. The lowest BCUT2D eigenvalue weighted by molar-refractivity contribution is -0.137. The minimum atomic E-state index is -0.799. The maximum atomic E-state index is 12.2. The molecule has 5 heteroatoms. The smallest absolute Gasteiger partial charge is 0.303 e. The third-order valence-corrected chi connectivity index (χ3v) is 6.38. The highest BCUT2D eigenvalue weighted by atomic mass is 16.4. The second-order valence-corrected chi connectivity index (χ2v) is 8.30. The number of carbonyl (C=O) groups excluding carboxylic acids is 1. The van der Waals surface area contributed by atoms with Gasteiger partial charge in [0.15, 0.2) is 0 Å². The molecule has 28 heavy (non-hydrogen) atoms. The molecule has 156 valence electrons. The molecule has 2 aliphatic rings. The van der Waals surface area contributed by atoms with E-state index < -0.39 is 18.2 Å². The fourth-order valence-corrected chi connectivity index (χ4v) is 4.47. The van der Waals surface area contributed by atoms with Gasteiger partial charge in [0.25, 0.3) is 0 Å². The molecule has 3 N–H and O–H groups in total. The first-order valence-corrected chi connectivity index (χ1v) is 10.4. The van der Waals surface area contributed by atoms with E-state index in [0.29, 0.717) is 25.7 Å². The van der Waals surface area contributed by atoms with E-state index in [1.165, 1.54) is 0 Å². The van der Waals surface area contributed by atoms with Crippen LogP contribution in [0.25, 0.3) is 0 Å². The highest BCUT2D eigenvalue weighted by molar-refractivity contribution is 5.84. The molecule has 0 radical (unpaired) electrons. The van der Waals surface area contributed by atoms with Crippen molar-refractivity contribution in [2.45, 2.75) is 76.4 Å². The molecule has 2 rings (SSSR count). The molecule has 2 aliphatic carbocycles.